The molecule has 1 aromatic heterocycles. The lowest BCUT2D eigenvalue weighted by Gasteiger charge is -2.36. The molecule has 1 aliphatic carbocycles. The van der Waals surface area contributed by atoms with E-state index in [1.807, 2.05) is 31.4 Å². The van der Waals surface area contributed by atoms with Gasteiger partial charge in [-0.1, -0.05) is 45.7 Å². The number of aromatic nitrogens is 1. The SMILES string of the molecule is Cc1cc(C(=O)CN2C(=O)NC3(CCCCC3C)C2=O)c(C)n1-c1ccc(C(C)C)cc1. The van der Waals surface area contributed by atoms with E-state index in [0.717, 1.165) is 41.2 Å². The quantitative estimate of drug-likeness (QED) is 0.536. The lowest BCUT2D eigenvalue weighted by molar-refractivity contribution is -0.133. The number of Topliss-reactive ketones (excluding diaryl/α,β-unsaturated/α-hetero) is 1. The summed E-state index contributed by atoms with van der Waals surface area (Å²) in [5.41, 5.74) is 3.72. The van der Waals surface area contributed by atoms with Gasteiger partial charge in [0.2, 0.25) is 0 Å². The summed E-state index contributed by atoms with van der Waals surface area (Å²) in [6, 6.07) is 9.75. The van der Waals surface area contributed by atoms with Gasteiger partial charge >= 0.3 is 6.03 Å². The molecule has 1 aromatic carbocycles. The van der Waals surface area contributed by atoms with Gasteiger partial charge in [0, 0.05) is 22.6 Å². The highest BCUT2D eigenvalue weighted by Gasteiger charge is 2.55. The number of carbonyl (C=O) groups excluding carboxylic acids is 3. The number of amides is 3. The topological polar surface area (TPSA) is 71.4 Å². The number of rotatable bonds is 5. The first kappa shape index (κ1) is 22.3. The Kier molecular flexibility index (Phi) is 5.74. The summed E-state index contributed by atoms with van der Waals surface area (Å²) in [5.74, 6) is 0.0623. The molecule has 2 aromatic rings. The van der Waals surface area contributed by atoms with E-state index < -0.39 is 11.6 Å². The Morgan fingerprint density at radius 1 is 1.16 bits per heavy atom. The van der Waals surface area contributed by atoms with Crippen LogP contribution in [0.25, 0.3) is 5.69 Å². The van der Waals surface area contributed by atoms with Crippen LogP contribution < -0.4 is 5.32 Å². The van der Waals surface area contributed by atoms with Crippen LogP contribution in [-0.2, 0) is 4.79 Å². The highest BCUT2D eigenvalue weighted by Crippen LogP contribution is 2.38. The van der Waals surface area contributed by atoms with Crippen LogP contribution in [0.1, 0.15) is 79.7 Å². The Bertz CT molecular complexity index is 1070. The molecule has 1 saturated heterocycles. The first-order valence-corrected chi connectivity index (χ1v) is 11.6. The van der Waals surface area contributed by atoms with Crippen LogP contribution in [0.15, 0.2) is 30.3 Å². The normalized spacial score (nSPS) is 23.3. The van der Waals surface area contributed by atoms with E-state index in [9.17, 15) is 14.4 Å². The summed E-state index contributed by atoms with van der Waals surface area (Å²) in [4.78, 5) is 40.2. The van der Waals surface area contributed by atoms with Crippen molar-refractivity contribution in [3.05, 3.63) is 52.8 Å². The average Bonchev–Trinajstić information content (AvgIpc) is 3.18. The van der Waals surface area contributed by atoms with E-state index >= 15 is 0 Å². The molecule has 6 nitrogen and oxygen atoms in total. The van der Waals surface area contributed by atoms with Gasteiger partial charge in [-0.25, -0.2) is 4.79 Å². The standard InChI is InChI=1S/C26H33N3O3/c1-16(2)20-9-11-21(12-10-20)29-18(4)14-22(19(29)5)23(30)15-28-24(31)26(27-25(28)32)13-7-6-8-17(26)3/h9-12,14,16-17H,6-8,13,15H2,1-5H3,(H,27,32). The number of hydrogen-bond acceptors (Lipinski definition) is 3. The number of nitrogens with one attached hydrogen (secondary N) is 1. The van der Waals surface area contributed by atoms with E-state index in [1.165, 1.54) is 5.56 Å². The maximum atomic E-state index is 13.2. The lowest BCUT2D eigenvalue weighted by Crippen LogP contribution is -2.54. The second kappa shape index (κ2) is 8.23. The molecule has 1 saturated carbocycles. The summed E-state index contributed by atoms with van der Waals surface area (Å²) in [5, 5.41) is 2.93. The predicted octanol–water partition coefficient (Wildman–Crippen LogP) is 4.90. The van der Waals surface area contributed by atoms with Crippen LogP contribution in [0, 0.1) is 19.8 Å². The van der Waals surface area contributed by atoms with Gasteiger partial charge in [0.05, 0.1) is 6.54 Å². The number of urea groups is 1. The molecule has 1 spiro atoms. The molecular weight excluding hydrogens is 402 g/mol. The molecule has 2 aliphatic rings. The minimum atomic E-state index is -0.843. The van der Waals surface area contributed by atoms with Crippen molar-refractivity contribution < 1.29 is 14.4 Å². The number of aryl methyl sites for hydroxylation is 1. The number of ketones is 1. The molecule has 6 heteroatoms. The Hall–Kier alpha value is -2.89. The predicted molar refractivity (Wildman–Crippen MR) is 124 cm³/mol. The van der Waals surface area contributed by atoms with Gasteiger partial charge in [-0.15, -0.1) is 0 Å². The molecule has 0 bridgehead atoms. The van der Waals surface area contributed by atoms with Crippen LogP contribution in [-0.4, -0.2) is 39.3 Å². The fourth-order valence-corrected chi connectivity index (χ4v) is 5.32. The van der Waals surface area contributed by atoms with Crippen molar-refractivity contribution in [2.75, 3.05) is 6.54 Å². The second-order valence-electron chi connectivity index (χ2n) is 9.73. The molecule has 2 heterocycles. The minimum absolute atomic E-state index is 0.0756. The maximum Gasteiger partial charge on any atom is 0.325 e. The largest absolute Gasteiger partial charge is 0.325 e. The van der Waals surface area contributed by atoms with Gasteiger partial charge in [0.25, 0.3) is 5.91 Å². The molecule has 2 fully saturated rings. The fourth-order valence-electron chi connectivity index (χ4n) is 5.32. The van der Waals surface area contributed by atoms with Gasteiger partial charge in [0.1, 0.15) is 5.54 Å². The van der Waals surface area contributed by atoms with Crippen molar-refractivity contribution in [1.29, 1.82) is 0 Å². The molecule has 4 rings (SSSR count). The van der Waals surface area contributed by atoms with E-state index in [1.54, 1.807) is 0 Å². The van der Waals surface area contributed by atoms with Gasteiger partial charge in [-0.2, -0.15) is 0 Å². The van der Waals surface area contributed by atoms with E-state index in [-0.39, 0.29) is 24.2 Å². The van der Waals surface area contributed by atoms with Crippen LogP contribution in [0.3, 0.4) is 0 Å². The smallest absolute Gasteiger partial charge is 0.323 e. The summed E-state index contributed by atoms with van der Waals surface area (Å²) in [6.45, 7) is 9.98. The van der Waals surface area contributed by atoms with Gasteiger partial charge in [0.15, 0.2) is 5.78 Å². The number of nitrogens with zero attached hydrogens (tertiary/aromatic N) is 2. The molecule has 170 valence electrons. The van der Waals surface area contributed by atoms with Crippen molar-refractivity contribution in [2.24, 2.45) is 5.92 Å². The Morgan fingerprint density at radius 2 is 1.84 bits per heavy atom. The third-order valence-corrected chi connectivity index (χ3v) is 7.35. The van der Waals surface area contributed by atoms with E-state index in [2.05, 4.69) is 43.4 Å². The highest BCUT2D eigenvalue weighted by atomic mass is 16.2. The number of carbonyl (C=O) groups is 3. The summed E-state index contributed by atoms with van der Waals surface area (Å²) in [6.07, 6.45) is 3.53. The first-order valence-electron chi connectivity index (χ1n) is 11.6. The van der Waals surface area contributed by atoms with Crippen molar-refractivity contribution in [3.8, 4) is 5.69 Å². The molecule has 0 radical (unpaired) electrons. The Balaban J connectivity index is 1.57. The number of benzene rings is 1. The van der Waals surface area contributed by atoms with Gasteiger partial charge < -0.3 is 9.88 Å². The van der Waals surface area contributed by atoms with Crippen molar-refractivity contribution >= 4 is 17.7 Å². The number of hydrogen-bond donors (Lipinski definition) is 1. The highest BCUT2D eigenvalue weighted by molar-refractivity contribution is 6.11. The summed E-state index contributed by atoms with van der Waals surface area (Å²) in [7, 11) is 0. The van der Waals surface area contributed by atoms with Crippen LogP contribution >= 0.6 is 0 Å². The Labute approximate surface area is 190 Å². The molecule has 1 aliphatic heterocycles. The fraction of sp³-hybridized carbons (Fsp3) is 0.500. The van der Waals surface area contributed by atoms with Gasteiger partial charge in [-0.05, 0) is 62.3 Å². The summed E-state index contributed by atoms with van der Waals surface area (Å²) < 4.78 is 2.05. The lowest BCUT2D eigenvalue weighted by atomic mass is 9.73. The van der Waals surface area contributed by atoms with Crippen molar-refractivity contribution in [1.82, 2.24) is 14.8 Å². The molecule has 1 N–H and O–H groups in total. The molecule has 2 atom stereocenters. The molecule has 2 unspecified atom stereocenters. The molecule has 3 amide bonds. The zero-order valence-corrected chi connectivity index (χ0v) is 19.7. The van der Waals surface area contributed by atoms with Gasteiger partial charge in [-0.3, -0.25) is 14.5 Å². The molecular formula is C26H33N3O3. The van der Waals surface area contributed by atoms with Crippen LogP contribution in [0.2, 0.25) is 0 Å². The molecule has 32 heavy (non-hydrogen) atoms. The van der Waals surface area contributed by atoms with Crippen molar-refractivity contribution in [2.45, 2.75) is 71.8 Å². The Morgan fingerprint density at radius 3 is 2.47 bits per heavy atom. The monoisotopic (exact) mass is 435 g/mol. The zero-order chi connectivity index (χ0) is 23.2. The average molecular weight is 436 g/mol. The van der Waals surface area contributed by atoms with Crippen molar-refractivity contribution in [3.63, 3.8) is 0 Å². The van der Waals surface area contributed by atoms with Crippen LogP contribution in [0.5, 0.6) is 0 Å². The second-order valence-corrected chi connectivity index (χ2v) is 9.73. The summed E-state index contributed by atoms with van der Waals surface area (Å²) >= 11 is 0. The van der Waals surface area contributed by atoms with E-state index in [4.69, 9.17) is 0 Å². The zero-order valence-electron chi connectivity index (χ0n) is 19.7. The first-order chi connectivity index (χ1) is 15.2. The minimum Gasteiger partial charge on any atom is -0.323 e. The third kappa shape index (κ3) is 3.55. The third-order valence-electron chi connectivity index (χ3n) is 7.35. The number of imide groups is 1. The maximum absolute atomic E-state index is 13.2. The van der Waals surface area contributed by atoms with E-state index in [0.29, 0.717) is 17.9 Å². The van der Waals surface area contributed by atoms with Crippen LogP contribution in [0.4, 0.5) is 4.79 Å².